The molecule has 0 atom stereocenters. The van der Waals surface area contributed by atoms with E-state index in [1.54, 1.807) is 28.9 Å². The normalized spacial score (nSPS) is 10.7. The number of nitrogens with zero attached hydrogens (tertiary/aromatic N) is 4. The number of aromatic carboxylic acids is 1. The van der Waals surface area contributed by atoms with Gasteiger partial charge in [-0.15, -0.1) is 5.10 Å². The molecule has 0 aliphatic heterocycles. The smallest absolute Gasteiger partial charge is 0.335 e. The van der Waals surface area contributed by atoms with E-state index in [4.69, 9.17) is 5.11 Å². The molecule has 0 radical (unpaired) electrons. The van der Waals surface area contributed by atoms with Crippen molar-refractivity contribution < 1.29 is 9.90 Å². The standard InChI is InChI=1S/C18H18N4O2/c1-13-2-4-14(5-3-13)8-11-17-19-20-21-22(17)12-15-6-9-16(10-7-15)18(23)24/h2-7,9-10H,8,11-12H2,1H3,(H,23,24). The number of carbonyl (C=O) groups is 1. The molecule has 0 saturated heterocycles. The molecule has 6 nitrogen and oxygen atoms in total. The third kappa shape index (κ3) is 3.84. The minimum Gasteiger partial charge on any atom is -0.478 e. The van der Waals surface area contributed by atoms with E-state index in [-0.39, 0.29) is 5.56 Å². The molecular weight excluding hydrogens is 304 g/mol. The molecular formula is C18H18N4O2. The minimum absolute atomic E-state index is 0.273. The largest absolute Gasteiger partial charge is 0.478 e. The number of benzene rings is 2. The summed E-state index contributed by atoms with van der Waals surface area (Å²) < 4.78 is 1.75. The fourth-order valence-corrected chi connectivity index (χ4v) is 2.46. The summed E-state index contributed by atoms with van der Waals surface area (Å²) in [4.78, 5) is 10.9. The average Bonchev–Trinajstić information content (AvgIpc) is 3.02. The first-order valence-corrected chi connectivity index (χ1v) is 7.74. The van der Waals surface area contributed by atoms with Gasteiger partial charge in [0.1, 0.15) is 0 Å². The molecule has 0 fully saturated rings. The predicted octanol–water partition coefficient (Wildman–Crippen LogP) is 2.51. The van der Waals surface area contributed by atoms with E-state index in [0.717, 1.165) is 24.2 Å². The Morgan fingerprint density at radius 1 is 1.00 bits per heavy atom. The number of carboxylic acids is 1. The van der Waals surface area contributed by atoms with Crippen LogP contribution in [0.25, 0.3) is 0 Å². The molecule has 122 valence electrons. The lowest BCUT2D eigenvalue weighted by atomic mass is 10.1. The van der Waals surface area contributed by atoms with Crippen molar-refractivity contribution >= 4 is 5.97 Å². The summed E-state index contributed by atoms with van der Waals surface area (Å²) in [6.07, 6.45) is 1.63. The van der Waals surface area contributed by atoms with Crippen molar-refractivity contribution in [2.45, 2.75) is 26.3 Å². The fourth-order valence-electron chi connectivity index (χ4n) is 2.46. The highest BCUT2D eigenvalue weighted by Crippen LogP contribution is 2.10. The lowest BCUT2D eigenvalue weighted by Gasteiger charge is -2.06. The highest BCUT2D eigenvalue weighted by Gasteiger charge is 2.08. The first-order chi connectivity index (χ1) is 11.6. The van der Waals surface area contributed by atoms with E-state index in [0.29, 0.717) is 6.54 Å². The van der Waals surface area contributed by atoms with Gasteiger partial charge in [-0.1, -0.05) is 42.0 Å². The molecule has 1 aromatic heterocycles. The van der Waals surface area contributed by atoms with Crippen molar-refractivity contribution in [3.8, 4) is 0 Å². The Balaban J connectivity index is 1.66. The molecule has 24 heavy (non-hydrogen) atoms. The number of rotatable bonds is 6. The van der Waals surface area contributed by atoms with E-state index in [9.17, 15) is 4.79 Å². The Hall–Kier alpha value is -3.02. The molecule has 1 heterocycles. The van der Waals surface area contributed by atoms with E-state index < -0.39 is 5.97 Å². The van der Waals surface area contributed by atoms with Crippen LogP contribution in [0, 0.1) is 6.92 Å². The monoisotopic (exact) mass is 322 g/mol. The predicted molar refractivity (Wildman–Crippen MR) is 88.9 cm³/mol. The second kappa shape index (κ2) is 7.04. The van der Waals surface area contributed by atoms with Crippen LogP contribution in [0.15, 0.2) is 48.5 Å². The first-order valence-electron chi connectivity index (χ1n) is 7.74. The maximum absolute atomic E-state index is 10.9. The summed E-state index contributed by atoms with van der Waals surface area (Å²) in [5.74, 6) is -0.111. The van der Waals surface area contributed by atoms with Gasteiger partial charge in [0.05, 0.1) is 12.1 Å². The van der Waals surface area contributed by atoms with E-state index in [1.807, 2.05) is 0 Å². The average molecular weight is 322 g/mol. The molecule has 0 amide bonds. The molecule has 0 saturated carbocycles. The molecule has 0 aliphatic rings. The second-order valence-electron chi connectivity index (χ2n) is 5.74. The van der Waals surface area contributed by atoms with Gasteiger partial charge in [-0.2, -0.15) is 0 Å². The third-order valence-electron chi connectivity index (χ3n) is 3.90. The maximum atomic E-state index is 10.9. The van der Waals surface area contributed by atoms with Crippen molar-refractivity contribution in [3.63, 3.8) is 0 Å². The number of carboxylic acid groups (broad SMARTS) is 1. The van der Waals surface area contributed by atoms with Gasteiger partial charge in [0.15, 0.2) is 5.82 Å². The van der Waals surface area contributed by atoms with Gasteiger partial charge in [0, 0.05) is 6.42 Å². The highest BCUT2D eigenvalue weighted by atomic mass is 16.4. The lowest BCUT2D eigenvalue weighted by Crippen LogP contribution is -2.08. The van der Waals surface area contributed by atoms with Gasteiger partial charge in [0.25, 0.3) is 0 Å². The first kappa shape index (κ1) is 15.9. The number of aromatic nitrogens is 4. The van der Waals surface area contributed by atoms with Crippen LogP contribution >= 0.6 is 0 Å². The van der Waals surface area contributed by atoms with Crippen molar-refractivity contribution in [2.75, 3.05) is 0 Å². The topological polar surface area (TPSA) is 80.9 Å². The van der Waals surface area contributed by atoms with Crippen molar-refractivity contribution in [1.82, 2.24) is 20.2 Å². The zero-order chi connectivity index (χ0) is 16.9. The van der Waals surface area contributed by atoms with Crippen LogP contribution < -0.4 is 0 Å². The third-order valence-corrected chi connectivity index (χ3v) is 3.90. The molecule has 1 N–H and O–H groups in total. The molecule has 2 aromatic carbocycles. The van der Waals surface area contributed by atoms with Crippen LogP contribution in [0.1, 0.15) is 32.9 Å². The van der Waals surface area contributed by atoms with Crippen molar-refractivity contribution in [1.29, 1.82) is 0 Å². The maximum Gasteiger partial charge on any atom is 0.335 e. The Labute approximate surface area is 139 Å². The number of tetrazole rings is 1. The molecule has 0 aliphatic carbocycles. The van der Waals surface area contributed by atoms with Crippen molar-refractivity contribution in [2.24, 2.45) is 0 Å². The van der Waals surface area contributed by atoms with Gasteiger partial charge in [-0.05, 0) is 47.0 Å². The summed E-state index contributed by atoms with van der Waals surface area (Å²) >= 11 is 0. The number of hydrogen-bond acceptors (Lipinski definition) is 4. The number of hydrogen-bond donors (Lipinski definition) is 1. The van der Waals surface area contributed by atoms with Gasteiger partial charge in [-0.25, -0.2) is 9.48 Å². The van der Waals surface area contributed by atoms with Crippen LogP contribution in [0.5, 0.6) is 0 Å². The molecule has 0 unspecified atom stereocenters. The van der Waals surface area contributed by atoms with E-state index >= 15 is 0 Å². The molecule has 3 rings (SSSR count). The Morgan fingerprint density at radius 3 is 2.33 bits per heavy atom. The van der Waals surface area contributed by atoms with Crippen LogP contribution in [0.4, 0.5) is 0 Å². The molecule has 6 heteroatoms. The van der Waals surface area contributed by atoms with Crippen LogP contribution in [0.3, 0.4) is 0 Å². The lowest BCUT2D eigenvalue weighted by molar-refractivity contribution is 0.0697. The molecule has 3 aromatic rings. The van der Waals surface area contributed by atoms with Crippen LogP contribution in [0.2, 0.25) is 0 Å². The summed E-state index contributed by atoms with van der Waals surface area (Å²) in [5.41, 5.74) is 3.73. The second-order valence-corrected chi connectivity index (χ2v) is 5.74. The summed E-state index contributed by atoms with van der Waals surface area (Å²) in [5, 5.41) is 20.8. The SMILES string of the molecule is Cc1ccc(CCc2nnnn2Cc2ccc(C(=O)O)cc2)cc1. The summed E-state index contributed by atoms with van der Waals surface area (Å²) in [6, 6.07) is 15.2. The summed E-state index contributed by atoms with van der Waals surface area (Å²) in [7, 11) is 0. The minimum atomic E-state index is -0.928. The van der Waals surface area contributed by atoms with E-state index in [2.05, 4.69) is 46.7 Å². The summed E-state index contributed by atoms with van der Waals surface area (Å²) in [6.45, 7) is 2.59. The van der Waals surface area contributed by atoms with Crippen molar-refractivity contribution in [3.05, 3.63) is 76.6 Å². The van der Waals surface area contributed by atoms with Gasteiger partial charge >= 0.3 is 5.97 Å². The Morgan fingerprint density at radius 2 is 1.67 bits per heavy atom. The Kier molecular flexibility index (Phi) is 4.65. The quantitative estimate of drug-likeness (QED) is 0.754. The molecule has 0 bridgehead atoms. The van der Waals surface area contributed by atoms with Gasteiger partial charge in [-0.3, -0.25) is 0 Å². The number of aryl methyl sites for hydroxylation is 3. The fraction of sp³-hybridized carbons (Fsp3) is 0.222. The van der Waals surface area contributed by atoms with Gasteiger partial charge < -0.3 is 5.11 Å². The van der Waals surface area contributed by atoms with Crippen LogP contribution in [-0.4, -0.2) is 31.3 Å². The Bertz CT molecular complexity index is 823. The zero-order valence-electron chi connectivity index (χ0n) is 13.4. The zero-order valence-corrected chi connectivity index (χ0v) is 13.4. The van der Waals surface area contributed by atoms with Gasteiger partial charge in [0.2, 0.25) is 0 Å². The van der Waals surface area contributed by atoms with Crippen LogP contribution in [-0.2, 0) is 19.4 Å². The highest BCUT2D eigenvalue weighted by molar-refractivity contribution is 5.87. The van der Waals surface area contributed by atoms with E-state index in [1.165, 1.54) is 11.1 Å². The molecule has 0 spiro atoms.